The fraction of sp³-hybridized carbons (Fsp3) is 0.600. The van der Waals surface area contributed by atoms with Crippen LogP contribution in [-0.4, -0.2) is 17.3 Å². The van der Waals surface area contributed by atoms with Crippen molar-refractivity contribution in [1.82, 2.24) is 0 Å². The molecule has 1 aliphatic carbocycles. The van der Waals surface area contributed by atoms with E-state index in [-0.39, 0.29) is 12.2 Å². The molecular weight excluding hydrogens is 182 g/mol. The molecule has 4 heteroatoms. The van der Waals surface area contributed by atoms with Crippen LogP contribution < -0.4 is 0 Å². The molecule has 0 spiro atoms. The van der Waals surface area contributed by atoms with E-state index in [1.165, 1.54) is 0 Å². The third-order valence-electron chi connectivity index (χ3n) is 2.51. The van der Waals surface area contributed by atoms with Gasteiger partial charge in [-0.3, -0.25) is 14.4 Å². The summed E-state index contributed by atoms with van der Waals surface area (Å²) in [6.07, 6.45) is 0.938. The van der Waals surface area contributed by atoms with E-state index in [1.807, 2.05) is 0 Å². The first kappa shape index (κ1) is 10.6. The maximum atomic E-state index is 11.4. The molecule has 2 unspecified atom stereocenters. The van der Waals surface area contributed by atoms with Crippen LogP contribution in [0.2, 0.25) is 0 Å². The van der Waals surface area contributed by atoms with Crippen LogP contribution >= 0.6 is 0 Å². The molecule has 0 bridgehead atoms. The summed E-state index contributed by atoms with van der Waals surface area (Å²) in [5.41, 5.74) is 0. The molecule has 0 aromatic heterocycles. The van der Waals surface area contributed by atoms with E-state index >= 15 is 0 Å². The Morgan fingerprint density at radius 1 is 1.43 bits per heavy atom. The molecule has 2 atom stereocenters. The molecule has 1 saturated carbocycles. The van der Waals surface area contributed by atoms with Gasteiger partial charge in [-0.15, -0.1) is 0 Å². The van der Waals surface area contributed by atoms with Gasteiger partial charge in [0.05, 0.1) is 12.0 Å². The summed E-state index contributed by atoms with van der Waals surface area (Å²) in [4.78, 5) is 33.9. The zero-order valence-electron chi connectivity index (χ0n) is 7.95. The summed E-state index contributed by atoms with van der Waals surface area (Å²) in [7, 11) is 0. The molecule has 4 nitrogen and oxygen atoms in total. The van der Waals surface area contributed by atoms with Crippen molar-refractivity contribution in [2.24, 2.45) is 11.8 Å². The van der Waals surface area contributed by atoms with Crippen molar-refractivity contribution in [1.29, 1.82) is 5.26 Å². The second kappa shape index (κ2) is 4.14. The van der Waals surface area contributed by atoms with Gasteiger partial charge in [-0.2, -0.15) is 5.26 Å². The predicted octanol–water partition coefficient (Wildman–Crippen LogP) is 0.653. The number of hydrogen-bond acceptors (Lipinski definition) is 4. The number of rotatable bonds is 2. The SMILES string of the molecule is CCC(=O)C1CCC(C#N)C(=O)C1=O. The summed E-state index contributed by atoms with van der Waals surface area (Å²) in [6.45, 7) is 1.66. The molecule has 1 aliphatic rings. The van der Waals surface area contributed by atoms with Crippen molar-refractivity contribution in [3.05, 3.63) is 0 Å². The number of Topliss-reactive ketones (excluding diaryl/α,β-unsaturated/α-hetero) is 3. The van der Waals surface area contributed by atoms with Gasteiger partial charge in [0.1, 0.15) is 11.7 Å². The highest BCUT2D eigenvalue weighted by Gasteiger charge is 2.39. The van der Waals surface area contributed by atoms with Gasteiger partial charge in [0, 0.05) is 6.42 Å². The first-order valence-corrected chi connectivity index (χ1v) is 4.62. The quantitative estimate of drug-likeness (QED) is 0.476. The molecule has 0 heterocycles. The predicted molar refractivity (Wildman–Crippen MR) is 47.1 cm³/mol. The maximum Gasteiger partial charge on any atom is 0.216 e. The molecule has 1 fully saturated rings. The molecule has 1 rings (SSSR count). The fourth-order valence-corrected chi connectivity index (χ4v) is 1.62. The topological polar surface area (TPSA) is 75.0 Å². The summed E-state index contributed by atoms with van der Waals surface area (Å²) >= 11 is 0. The lowest BCUT2D eigenvalue weighted by atomic mass is 9.78. The van der Waals surface area contributed by atoms with E-state index < -0.39 is 23.4 Å². The monoisotopic (exact) mass is 193 g/mol. The van der Waals surface area contributed by atoms with Crippen LogP contribution in [-0.2, 0) is 14.4 Å². The second-order valence-corrected chi connectivity index (χ2v) is 3.36. The minimum absolute atomic E-state index is 0.195. The molecule has 0 aliphatic heterocycles. The lowest BCUT2D eigenvalue weighted by Gasteiger charge is -2.20. The number of hydrogen-bond donors (Lipinski definition) is 0. The number of carbonyl (C=O) groups is 3. The summed E-state index contributed by atoms with van der Waals surface area (Å²) in [6, 6.07) is 1.78. The average molecular weight is 193 g/mol. The molecule has 14 heavy (non-hydrogen) atoms. The molecule has 0 N–H and O–H groups in total. The molecule has 0 radical (unpaired) electrons. The summed E-state index contributed by atoms with van der Waals surface area (Å²) in [5, 5.41) is 8.55. The Hall–Kier alpha value is -1.50. The van der Waals surface area contributed by atoms with Gasteiger partial charge in [0.25, 0.3) is 0 Å². The minimum Gasteiger partial charge on any atom is -0.299 e. The Morgan fingerprint density at radius 2 is 2.07 bits per heavy atom. The first-order chi connectivity index (χ1) is 6.61. The molecule has 0 aromatic rings. The number of carbonyl (C=O) groups excluding carboxylic acids is 3. The standard InChI is InChI=1S/C10H11NO3/c1-2-8(12)7-4-3-6(5-11)9(13)10(7)14/h6-7H,2-4H2,1H3. The first-order valence-electron chi connectivity index (χ1n) is 4.62. The highest BCUT2D eigenvalue weighted by atomic mass is 16.2. The van der Waals surface area contributed by atoms with Crippen molar-refractivity contribution < 1.29 is 14.4 Å². The molecule has 0 amide bonds. The van der Waals surface area contributed by atoms with Crippen molar-refractivity contribution in [2.45, 2.75) is 26.2 Å². The van der Waals surface area contributed by atoms with Crippen LogP contribution in [0, 0.1) is 23.2 Å². The van der Waals surface area contributed by atoms with Gasteiger partial charge in [-0.25, -0.2) is 0 Å². The maximum absolute atomic E-state index is 11.4. The van der Waals surface area contributed by atoms with Crippen LogP contribution in [0.4, 0.5) is 0 Å². The lowest BCUT2D eigenvalue weighted by Crippen LogP contribution is -2.38. The second-order valence-electron chi connectivity index (χ2n) is 3.36. The van der Waals surface area contributed by atoms with Gasteiger partial charge < -0.3 is 0 Å². The van der Waals surface area contributed by atoms with Crippen LogP contribution in [0.25, 0.3) is 0 Å². The summed E-state index contributed by atoms with van der Waals surface area (Å²) in [5.74, 6) is -3.17. The van der Waals surface area contributed by atoms with E-state index in [9.17, 15) is 14.4 Å². The van der Waals surface area contributed by atoms with E-state index in [0.717, 1.165) is 0 Å². The number of nitriles is 1. The smallest absolute Gasteiger partial charge is 0.216 e. The largest absolute Gasteiger partial charge is 0.299 e. The van der Waals surface area contributed by atoms with Crippen molar-refractivity contribution >= 4 is 17.3 Å². The van der Waals surface area contributed by atoms with Crippen LogP contribution in [0.1, 0.15) is 26.2 Å². The van der Waals surface area contributed by atoms with E-state index in [2.05, 4.69) is 0 Å². The van der Waals surface area contributed by atoms with Crippen molar-refractivity contribution in [3.8, 4) is 6.07 Å². The van der Waals surface area contributed by atoms with E-state index in [4.69, 9.17) is 5.26 Å². The number of nitrogens with zero attached hydrogens (tertiary/aromatic N) is 1. The Balaban J connectivity index is 2.80. The zero-order chi connectivity index (χ0) is 10.7. The third-order valence-corrected chi connectivity index (χ3v) is 2.51. The molecule has 0 saturated heterocycles. The Labute approximate surface area is 81.9 Å². The molecular formula is C10H11NO3. The van der Waals surface area contributed by atoms with Gasteiger partial charge >= 0.3 is 0 Å². The Kier molecular flexibility index (Phi) is 3.13. The van der Waals surface area contributed by atoms with Crippen LogP contribution in [0.15, 0.2) is 0 Å². The third kappa shape index (κ3) is 1.72. The molecule has 74 valence electrons. The highest BCUT2D eigenvalue weighted by molar-refractivity contribution is 6.43. The summed E-state index contributed by atoms with van der Waals surface area (Å²) < 4.78 is 0. The van der Waals surface area contributed by atoms with E-state index in [1.54, 1.807) is 13.0 Å². The van der Waals surface area contributed by atoms with Crippen LogP contribution in [0.5, 0.6) is 0 Å². The Morgan fingerprint density at radius 3 is 2.57 bits per heavy atom. The Bertz CT molecular complexity index is 327. The van der Waals surface area contributed by atoms with Crippen molar-refractivity contribution in [2.75, 3.05) is 0 Å². The van der Waals surface area contributed by atoms with Gasteiger partial charge in [0.15, 0.2) is 0 Å². The van der Waals surface area contributed by atoms with Crippen LogP contribution in [0.3, 0.4) is 0 Å². The number of ketones is 3. The van der Waals surface area contributed by atoms with Gasteiger partial charge in [-0.05, 0) is 12.8 Å². The normalized spacial score (nSPS) is 27.1. The zero-order valence-corrected chi connectivity index (χ0v) is 7.95. The highest BCUT2D eigenvalue weighted by Crippen LogP contribution is 2.24. The van der Waals surface area contributed by atoms with E-state index in [0.29, 0.717) is 12.8 Å². The fourth-order valence-electron chi connectivity index (χ4n) is 1.62. The molecule has 0 aromatic carbocycles. The van der Waals surface area contributed by atoms with Crippen molar-refractivity contribution in [3.63, 3.8) is 0 Å². The average Bonchev–Trinajstić information content (AvgIpc) is 2.21. The van der Waals surface area contributed by atoms with Gasteiger partial charge in [0.2, 0.25) is 11.6 Å². The minimum atomic E-state index is -0.830. The lowest BCUT2D eigenvalue weighted by molar-refractivity contribution is -0.146. The van der Waals surface area contributed by atoms with Gasteiger partial charge in [-0.1, -0.05) is 6.92 Å².